The molecule has 0 radical (unpaired) electrons. The second-order valence-electron chi connectivity index (χ2n) is 8.04. The van der Waals surface area contributed by atoms with Gasteiger partial charge in [-0.1, -0.05) is 18.2 Å². The molecule has 0 atom stereocenters. The van der Waals surface area contributed by atoms with Crippen molar-refractivity contribution in [1.29, 1.82) is 0 Å². The monoisotopic (exact) mass is 409 g/mol. The number of benzene rings is 2. The van der Waals surface area contributed by atoms with E-state index < -0.39 is 11.7 Å². The lowest BCUT2D eigenvalue weighted by molar-refractivity contribution is 0.0542. The van der Waals surface area contributed by atoms with E-state index in [0.29, 0.717) is 24.2 Å². The Morgan fingerprint density at radius 3 is 2.33 bits per heavy atom. The van der Waals surface area contributed by atoms with Gasteiger partial charge in [0.1, 0.15) is 11.4 Å². The van der Waals surface area contributed by atoms with Crippen molar-refractivity contribution in [2.45, 2.75) is 39.2 Å². The molecule has 6 heteroatoms. The van der Waals surface area contributed by atoms with Crippen LogP contribution in [0.4, 0.5) is 4.79 Å². The van der Waals surface area contributed by atoms with Crippen molar-refractivity contribution in [3.8, 4) is 5.75 Å². The van der Waals surface area contributed by atoms with Crippen LogP contribution < -0.4 is 4.74 Å². The fourth-order valence-electron chi connectivity index (χ4n) is 3.38. The highest BCUT2D eigenvalue weighted by Crippen LogP contribution is 2.28. The second-order valence-corrected chi connectivity index (χ2v) is 8.04. The standard InChI is InChI=1S/C24H27NO5/c1-24(2,3)30-23(27)25-15-17(20-14-18(28-4)12-13-21(20)25)11-10-16-8-6-7-9-19(16)22(26)29-5/h6-9,12-15H,10-11H2,1-5H3. The quantitative estimate of drug-likeness (QED) is 0.555. The third kappa shape index (κ3) is 4.64. The first kappa shape index (κ1) is 21.4. The van der Waals surface area contributed by atoms with E-state index in [4.69, 9.17) is 14.2 Å². The zero-order valence-corrected chi connectivity index (χ0v) is 18.0. The number of esters is 1. The molecule has 0 saturated carbocycles. The fourth-order valence-corrected chi connectivity index (χ4v) is 3.38. The van der Waals surface area contributed by atoms with Crippen molar-refractivity contribution in [2.24, 2.45) is 0 Å². The summed E-state index contributed by atoms with van der Waals surface area (Å²) in [5.74, 6) is 0.351. The van der Waals surface area contributed by atoms with E-state index in [-0.39, 0.29) is 5.97 Å². The summed E-state index contributed by atoms with van der Waals surface area (Å²) >= 11 is 0. The van der Waals surface area contributed by atoms with Crippen LogP contribution in [0.15, 0.2) is 48.7 Å². The first-order valence-corrected chi connectivity index (χ1v) is 9.81. The van der Waals surface area contributed by atoms with Crippen LogP contribution in [-0.2, 0) is 22.3 Å². The Balaban J connectivity index is 1.98. The van der Waals surface area contributed by atoms with Gasteiger partial charge in [-0.05, 0) is 69.0 Å². The molecule has 0 amide bonds. The Morgan fingerprint density at radius 2 is 1.67 bits per heavy atom. The van der Waals surface area contributed by atoms with Gasteiger partial charge < -0.3 is 14.2 Å². The number of aryl methyl sites for hydroxylation is 2. The molecule has 1 aromatic heterocycles. The molecule has 0 aliphatic heterocycles. The lowest BCUT2D eigenvalue weighted by Crippen LogP contribution is -2.26. The number of hydrogen-bond acceptors (Lipinski definition) is 5. The van der Waals surface area contributed by atoms with Crippen molar-refractivity contribution in [1.82, 2.24) is 4.57 Å². The average molecular weight is 409 g/mol. The minimum Gasteiger partial charge on any atom is -0.497 e. The molecule has 6 nitrogen and oxygen atoms in total. The van der Waals surface area contributed by atoms with Crippen LogP contribution in [0.1, 0.15) is 42.3 Å². The zero-order valence-electron chi connectivity index (χ0n) is 18.0. The molecule has 3 rings (SSSR count). The number of ether oxygens (including phenoxy) is 3. The first-order valence-electron chi connectivity index (χ1n) is 9.81. The van der Waals surface area contributed by atoms with E-state index in [2.05, 4.69) is 0 Å². The molecule has 0 saturated heterocycles. The summed E-state index contributed by atoms with van der Waals surface area (Å²) in [4.78, 5) is 24.8. The highest BCUT2D eigenvalue weighted by atomic mass is 16.6. The number of carbonyl (C=O) groups is 2. The van der Waals surface area contributed by atoms with Gasteiger partial charge in [0.25, 0.3) is 0 Å². The van der Waals surface area contributed by atoms with Crippen molar-refractivity contribution in [3.63, 3.8) is 0 Å². The number of carbonyl (C=O) groups excluding carboxylic acids is 2. The van der Waals surface area contributed by atoms with Gasteiger partial charge in [-0.15, -0.1) is 0 Å². The van der Waals surface area contributed by atoms with Crippen LogP contribution >= 0.6 is 0 Å². The minimum atomic E-state index is -0.597. The number of methoxy groups -OCH3 is 2. The molecule has 2 aromatic carbocycles. The number of rotatable bonds is 5. The highest BCUT2D eigenvalue weighted by molar-refractivity contribution is 5.93. The maximum Gasteiger partial charge on any atom is 0.419 e. The third-order valence-corrected chi connectivity index (χ3v) is 4.77. The molecule has 158 valence electrons. The van der Waals surface area contributed by atoms with Gasteiger partial charge in [0.05, 0.1) is 25.3 Å². The molecule has 0 N–H and O–H groups in total. The maximum atomic E-state index is 12.7. The van der Waals surface area contributed by atoms with E-state index in [1.54, 1.807) is 19.4 Å². The number of aromatic nitrogens is 1. The van der Waals surface area contributed by atoms with Crippen molar-refractivity contribution >= 4 is 23.0 Å². The van der Waals surface area contributed by atoms with Crippen LogP contribution in [0.5, 0.6) is 5.75 Å². The largest absolute Gasteiger partial charge is 0.497 e. The van der Waals surface area contributed by atoms with Gasteiger partial charge in [-0.3, -0.25) is 4.57 Å². The Hall–Kier alpha value is -3.28. The van der Waals surface area contributed by atoms with Gasteiger partial charge in [-0.2, -0.15) is 0 Å². The van der Waals surface area contributed by atoms with Crippen molar-refractivity contribution < 1.29 is 23.8 Å². The normalized spacial score (nSPS) is 11.4. The average Bonchev–Trinajstić information content (AvgIpc) is 3.08. The molecule has 3 aromatic rings. The van der Waals surface area contributed by atoms with Gasteiger partial charge in [-0.25, -0.2) is 9.59 Å². The number of hydrogen-bond donors (Lipinski definition) is 0. The zero-order chi connectivity index (χ0) is 21.9. The lowest BCUT2D eigenvalue weighted by atomic mass is 9.99. The van der Waals surface area contributed by atoms with Crippen molar-refractivity contribution in [3.05, 3.63) is 65.4 Å². The lowest BCUT2D eigenvalue weighted by Gasteiger charge is -2.19. The van der Waals surface area contributed by atoms with Gasteiger partial charge in [0.15, 0.2) is 0 Å². The summed E-state index contributed by atoms with van der Waals surface area (Å²) in [6.07, 6.45) is 2.63. The fraction of sp³-hybridized carbons (Fsp3) is 0.333. The summed E-state index contributed by atoms with van der Waals surface area (Å²) < 4.78 is 17.4. The molecule has 0 aliphatic carbocycles. The summed E-state index contributed by atoms with van der Waals surface area (Å²) in [5, 5.41) is 0.913. The highest BCUT2D eigenvalue weighted by Gasteiger charge is 2.21. The predicted molar refractivity (Wildman–Crippen MR) is 115 cm³/mol. The van der Waals surface area contributed by atoms with Gasteiger partial charge in [0, 0.05) is 11.6 Å². The molecular formula is C24H27NO5. The van der Waals surface area contributed by atoms with E-state index in [1.165, 1.54) is 11.7 Å². The molecule has 0 unspecified atom stereocenters. The van der Waals surface area contributed by atoms with Gasteiger partial charge >= 0.3 is 12.1 Å². The Bertz CT molecular complexity index is 1070. The van der Waals surface area contributed by atoms with E-state index in [9.17, 15) is 9.59 Å². The SMILES string of the molecule is COC(=O)c1ccccc1CCc1cn(C(=O)OC(C)(C)C)c2ccc(OC)cc12. The van der Waals surface area contributed by atoms with Crippen LogP contribution in [0.25, 0.3) is 10.9 Å². The van der Waals surface area contributed by atoms with E-state index >= 15 is 0 Å². The maximum absolute atomic E-state index is 12.7. The van der Waals surface area contributed by atoms with Crippen LogP contribution in [0, 0.1) is 0 Å². The minimum absolute atomic E-state index is 0.358. The number of nitrogens with zero attached hydrogens (tertiary/aromatic N) is 1. The summed E-state index contributed by atoms with van der Waals surface area (Å²) in [5.41, 5.74) is 2.56. The first-order chi connectivity index (χ1) is 14.2. The van der Waals surface area contributed by atoms with Crippen LogP contribution in [0.2, 0.25) is 0 Å². The summed E-state index contributed by atoms with van der Waals surface area (Å²) in [7, 11) is 2.98. The Morgan fingerprint density at radius 1 is 0.967 bits per heavy atom. The van der Waals surface area contributed by atoms with Crippen LogP contribution in [0.3, 0.4) is 0 Å². The second kappa shape index (κ2) is 8.61. The molecule has 0 fully saturated rings. The van der Waals surface area contributed by atoms with Gasteiger partial charge in [0.2, 0.25) is 0 Å². The Labute approximate surface area is 176 Å². The smallest absolute Gasteiger partial charge is 0.419 e. The summed E-state index contributed by atoms with van der Waals surface area (Å²) in [6.45, 7) is 5.51. The molecular weight excluding hydrogens is 382 g/mol. The van der Waals surface area contributed by atoms with Crippen molar-refractivity contribution in [2.75, 3.05) is 14.2 Å². The third-order valence-electron chi connectivity index (χ3n) is 4.77. The molecule has 0 aliphatic rings. The molecule has 30 heavy (non-hydrogen) atoms. The molecule has 0 spiro atoms. The van der Waals surface area contributed by atoms with Crippen LogP contribution in [-0.4, -0.2) is 36.5 Å². The topological polar surface area (TPSA) is 66.8 Å². The number of fused-ring (bicyclic) bond motifs is 1. The molecule has 1 heterocycles. The predicted octanol–water partition coefficient (Wildman–Crippen LogP) is 5.00. The van der Waals surface area contributed by atoms with E-state index in [0.717, 1.165) is 22.0 Å². The summed E-state index contributed by atoms with van der Waals surface area (Å²) in [6, 6.07) is 13.0. The molecule has 0 bridgehead atoms. The van der Waals surface area contributed by atoms with E-state index in [1.807, 2.05) is 57.2 Å². The Kier molecular flexibility index (Phi) is 6.15.